The second kappa shape index (κ2) is 4.60. The van der Waals surface area contributed by atoms with E-state index in [1.807, 2.05) is 0 Å². The van der Waals surface area contributed by atoms with Crippen molar-refractivity contribution in [2.45, 2.75) is 0 Å². The third-order valence-corrected chi connectivity index (χ3v) is 2.04. The zero-order valence-corrected chi connectivity index (χ0v) is 9.43. The van der Waals surface area contributed by atoms with E-state index < -0.39 is 0 Å². The molecule has 0 unspecified atom stereocenters. The lowest BCUT2D eigenvalue weighted by molar-refractivity contribution is 0.394. The van der Waals surface area contributed by atoms with E-state index in [4.69, 9.17) is 19.6 Å². The lowest BCUT2D eigenvalue weighted by Crippen LogP contribution is -1.93. The fourth-order valence-corrected chi connectivity index (χ4v) is 1.29. The average molecular weight is 236 g/mol. The van der Waals surface area contributed by atoms with E-state index in [0.29, 0.717) is 17.2 Å². The maximum absolute atomic E-state index is 5.31. The van der Waals surface area contributed by atoms with Gasteiger partial charge in [0.05, 0.1) is 14.2 Å². The predicted molar refractivity (Wildman–Crippen MR) is 61.5 cm³/mol. The van der Waals surface area contributed by atoms with E-state index >= 15 is 0 Å². The van der Waals surface area contributed by atoms with Gasteiger partial charge in [-0.15, -0.1) is 0 Å². The maximum Gasteiger partial charge on any atom is 0.321 e. The lowest BCUT2D eigenvalue weighted by Gasteiger charge is -2.07. The Bertz CT molecular complexity index is 490. The Balaban J connectivity index is 2.25. The van der Waals surface area contributed by atoms with E-state index in [2.05, 4.69) is 15.5 Å². The third-order valence-electron chi connectivity index (χ3n) is 2.04. The highest BCUT2D eigenvalue weighted by Crippen LogP contribution is 2.27. The van der Waals surface area contributed by atoms with Crippen molar-refractivity contribution in [1.29, 1.82) is 0 Å². The van der Waals surface area contributed by atoms with Gasteiger partial charge in [0, 0.05) is 23.9 Å². The minimum absolute atomic E-state index is 0.00219. The van der Waals surface area contributed by atoms with Gasteiger partial charge < -0.3 is 24.9 Å². The molecule has 0 amide bonds. The molecule has 1 aromatic heterocycles. The first-order valence-corrected chi connectivity index (χ1v) is 4.80. The van der Waals surface area contributed by atoms with Gasteiger partial charge in [-0.3, -0.25) is 0 Å². The zero-order valence-electron chi connectivity index (χ0n) is 9.43. The number of nitrogen functional groups attached to an aromatic ring is 1. The van der Waals surface area contributed by atoms with Crippen molar-refractivity contribution in [1.82, 2.24) is 10.2 Å². The van der Waals surface area contributed by atoms with E-state index in [1.54, 1.807) is 32.4 Å². The Morgan fingerprint density at radius 2 is 1.76 bits per heavy atom. The largest absolute Gasteiger partial charge is 0.497 e. The minimum Gasteiger partial charge on any atom is -0.497 e. The van der Waals surface area contributed by atoms with Gasteiger partial charge in [0.1, 0.15) is 11.5 Å². The van der Waals surface area contributed by atoms with E-state index in [1.165, 1.54) is 0 Å². The first-order chi connectivity index (χ1) is 8.21. The zero-order chi connectivity index (χ0) is 12.3. The summed E-state index contributed by atoms with van der Waals surface area (Å²) in [6.45, 7) is 0. The smallest absolute Gasteiger partial charge is 0.321 e. The van der Waals surface area contributed by atoms with Crippen molar-refractivity contribution in [3.05, 3.63) is 18.2 Å². The van der Waals surface area contributed by atoms with E-state index in [-0.39, 0.29) is 12.0 Å². The van der Waals surface area contributed by atoms with Gasteiger partial charge in [-0.05, 0) is 0 Å². The molecule has 0 saturated carbocycles. The van der Waals surface area contributed by atoms with Crippen LogP contribution in [0.2, 0.25) is 0 Å². The summed E-state index contributed by atoms with van der Waals surface area (Å²) in [7, 11) is 3.15. The Morgan fingerprint density at radius 3 is 2.24 bits per heavy atom. The molecule has 90 valence electrons. The van der Waals surface area contributed by atoms with E-state index in [0.717, 1.165) is 0 Å². The fraction of sp³-hybridized carbons (Fsp3) is 0.200. The molecule has 2 aromatic rings. The van der Waals surface area contributed by atoms with Crippen LogP contribution in [0.4, 0.5) is 17.7 Å². The number of ether oxygens (including phenoxy) is 2. The van der Waals surface area contributed by atoms with Crippen LogP contribution in [0, 0.1) is 0 Å². The Morgan fingerprint density at radius 1 is 1.12 bits per heavy atom. The molecule has 0 aliphatic rings. The number of nitrogens with one attached hydrogen (secondary N) is 1. The van der Waals surface area contributed by atoms with Crippen molar-refractivity contribution in [2.75, 3.05) is 25.3 Å². The van der Waals surface area contributed by atoms with Crippen LogP contribution in [-0.4, -0.2) is 24.4 Å². The second-order valence-electron chi connectivity index (χ2n) is 3.17. The number of hydrogen-bond acceptors (Lipinski definition) is 7. The summed E-state index contributed by atoms with van der Waals surface area (Å²) in [6, 6.07) is 5.50. The molecule has 0 bridgehead atoms. The maximum atomic E-state index is 5.31. The summed E-state index contributed by atoms with van der Waals surface area (Å²) in [5.74, 6) is 1.30. The predicted octanol–water partition coefficient (Wildman–Crippen LogP) is 1.41. The van der Waals surface area contributed by atoms with Crippen molar-refractivity contribution in [3.8, 4) is 11.5 Å². The highest BCUT2D eigenvalue weighted by Gasteiger charge is 2.06. The molecule has 7 heteroatoms. The Hall–Kier alpha value is -2.44. The number of rotatable bonds is 4. The normalized spacial score (nSPS) is 10.0. The lowest BCUT2D eigenvalue weighted by atomic mass is 10.3. The van der Waals surface area contributed by atoms with Gasteiger partial charge in [0.25, 0.3) is 0 Å². The topological polar surface area (TPSA) is 95.4 Å². The number of aromatic nitrogens is 2. The van der Waals surface area contributed by atoms with Gasteiger partial charge >= 0.3 is 12.0 Å². The SMILES string of the molecule is COc1cc(Nc2nnc(N)o2)cc(OC)c1. The molecule has 1 heterocycles. The Kier molecular flexibility index (Phi) is 2.99. The first kappa shape index (κ1) is 11.1. The van der Waals surface area contributed by atoms with Crippen LogP contribution < -0.4 is 20.5 Å². The molecule has 0 saturated heterocycles. The second-order valence-corrected chi connectivity index (χ2v) is 3.17. The molecule has 17 heavy (non-hydrogen) atoms. The summed E-state index contributed by atoms with van der Waals surface area (Å²) < 4.78 is 15.3. The highest BCUT2D eigenvalue weighted by molar-refractivity contribution is 5.58. The van der Waals surface area contributed by atoms with Crippen LogP contribution >= 0.6 is 0 Å². The van der Waals surface area contributed by atoms with Crippen LogP contribution in [0.3, 0.4) is 0 Å². The highest BCUT2D eigenvalue weighted by atomic mass is 16.5. The molecule has 0 spiro atoms. The first-order valence-electron chi connectivity index (χ1n) is 4.80. The quantitative estimate of drug-likeness (QED) is 0.828. The van der Waals surface area contributed by atoms with Crippen LogP contribution in [0.1, 0.15) is 0 Å². The molecule has 7 nitrogen and oxygen atoms in total. The number of benzene rings is 1. The molecule has 0 atom stereocenters. The monoisotopic (exact) mass is 236 g/mol. The summed E-state index contributed by atoms with van der Waals surface area (Å²) in [4.78, 5) is 0. The molecule has 0 aliphatic heterocycles. The van der Waals surface area contributed by atoms with Gasteiger partial charge in [0.2, 0.25) is 0 Å². The minimum atomic E-state index is 0.00219. The van der Waals surface area contributed by atoms with Crippen molar-refractivity contribution >= 4 is 17.7 Å². The van der Waals surface area contributed by atoms with Crippen molar-refractivity contribution in [3.63, 3.8) is 0 Å². The molecular weight excluding hydrogens is 224 g/mol. The Labute approximate surface area is 97.5 Å². The molecule has 1 aromatic carbocycles. The number of methoxy groups -OCH3 is 2. The van der Waals surface area contributed by atoms with Crippen LogP contribution in [0.5, 0.6) is 11.5 Å². The van der Waals surface area contributed by atoms with Crippen LogP contribution in [0.15, 0.2) is 22.6 Å². The molecule has 0 fully saturated rings. The van der Waals surface area contributed by atoms with Gasteiger partial charge in [-0.25, -0.2) is 0 Å². The third kappa shape index (κ3) is 2.57. The van der Waals surface area contributed by atoms with Gasteiger partial charge in [-0.2, -0.15) is 0 Å². The molecule has 0 radical (unpaired) electrons. The van der Waals surface area contributed by atoms with Gasteiger partial charge in [0.15, 0.2) is 0 Å². The van der Waals surface area contributed by atoms with E-state index in [9.17, 15) is 0 Å². The molecule has 3 N–H and O–H groups in total. The van der Waals surface area contributed by atoms with Gasteiger partial charge in [-0.1, -0.05) is 10.2 Å². The summed E-state index contributed by atoms with van der Waals surface area (Å²) >= 11 is 0. The number of nitrogens with two attached hydrogens (primary N) is 1. The summed E-state index contributed by atoms with van der Waals surface area (Å²) in [5.41, 5.74) is 6.01. The fourth-order valence-electron chi connectivity index (χ4n) is 1.29. The van der Waals surface area contributed by atoms with Crippen LogP contribution in [0.25, 0.3) is 0 Å². The summed E-state index contributed by atoms with van der Waals surface area (Å²) in [5, 5.41) is 10.1. The number of anilines is 3. The number of nitrogens with zero attached hydrogens (tertiary/aromatic N) is 2. The summed E-state index contributed by atoms with van der Waals surface area (Å²) in [6.07, 6.45) is 0. The van der Waals surface area contributed by atoms with Crippen LogP contribution in [-0.2, 0) is 0 Å². The average Bonchev–Trinajstić information content (AvgIpc) is 2.74. The van der Waals surface area contributed by atoms with Crippen molar-refractivity contribution in [2.24, 2.45) is 0 Å². The molecule has 2 rings (SSSR count). The standard InChI is InChI=1S/C10H12N4O3/c1-15-7-3-6(4-8(5-7)16-2)12-10-14-13-9(11)17-10/h3-5H,1-2H3,(H2,11,13)(H,12,14). The molecular formula is C10H12N4O3. The van der Waals surface area contributed by atoms with Crippen molar-refractivity contribution < 1.29 is 13.9 Å². The molecule has 0 aliphatic carbocycles. The number of hydrogen-bond donors (Lipinski definition) is 2.